The van der Waals surface area contributed by atoms with Gasteiger partial charge < -0.3 is 10.0 Å². The number of nitrogens with zero attached hydrogens (tertiary/aromatic N) is 4. The van der Waals surface area contributed by atoms with Crippen LogP contribution in [0, 0.1) is 17.0 Å². The van der Waals surface area contributed by atoms with E-state index in [1.807, 2.05) is 0 Å². The van der Waals surface area contributed by atoms with Gasteiger partial charge in [-0.2, -0.15) is 5.10 Å². The predicted octanol–water partition coefficient (Wildman–Crippen LogP) is 1.53. The van der Waals surface area contributed by atoms with Gasteiger partial charge in [-0.15, -0.1) is 0 Å². The molecule has 1 heterocycles. The van der Waals surface area contributed by atoms with Crippen molar-refractivity contribution in [3.8, 4) is 5.69 Å². The van der Waals surface area contributed by atoms with Gasteiger partial charge in [-0.25, -0.2) is 9.48 Å². The summed E-state index contributed by atoms with van der Waals surface area (Å²) in [6.07, 6.45) is 1.29. The van der Waals surface area contributed by atoms with Gasteiger partial charge in [-0.3, -0.25) is 19.7 Å². The van der Waals surface area contributed by atoms with Crippen molar-refractivity contribution in [3.63, 3.8) is 0 Å². The van der Waals surface area contributed by atoms with Gasteiger partial charge in [0.1, 0.15) is 11.7 Å². The van der Waals surface area contributed by atoms with Crippen LogP contribution in [0.4, 0.5) is 5.69 Å². The molecule has 0 aliphatic heterocycles. The van der Waals surface area contributed by atoms with E-state index in [1.54, 1.807) is 6.07 Å². The molecule has 0 spiro atoms. The summed E-state index contributed by atoms with van der Waals surface area (Å²) < 4.78 is 1.16. The average Bonchev–Trinajstić information content (AvgIpc) is 3.46. The van der Waals surface area contributed by atoms with E-state index in [4.69, 9.17) is 0 Å². The fourth-order valence-electron chi connectivity index (χ4n) is 2.99. The average molecular weight is 386 g/mol. The fourth-order valence-corrected chi connectivity index (χ4v) is 2.99. The van der Waals surface area contributed by atoms with Crippen LogP contribution < -0.4 is 5.43 Å². The van der Waals surface area contributed by atoms with Crippen LogP contribution in [0.2, 0.25) is 0 Å². The summed E-state index contributed by atoms with van der Waals surface area (Å²) in [4.78, 5) is 48.6. The second-order valence-electron chi connectivity index (χ2n) is 6.61. The lowest BCUT2D eigenvalue weighted by Gasteiger charge is -2.26. The van der Waals surface area contributed by atoms with Crippen molar-refractivity contribution in [3.05, 3.63) is 62.1 Å². The number of aryl methyl sites for hydroxylation is 1. The van der Waals surface area contributed by atoms with Crippen LogP contribution in [0.15, 0.2) is 35.1 Å². The summed E-state index contributed by atoms with van der Waals surface area (Å²) in [6, 6.07) is 5.59. The third kappa shape index (κ3) is 3.48. The number of carbonyl (C=O) groups excluding carboxylic acids is 1. The van der Waals surface area contributed by atoms with E-state index in [9.17, 15) is 29.6 Å². The number of nitro groups is 1. The standard InChI is InChI=1S/C18H18N4O6/c1-10-9-15(23)16(17(24)20(12-7-8-12)11(2)18(25)26)19-21(10)13-5-3-4-6-14(13)22(27)28/h3-6,9,11-12H,7-8H2,1-2H3,(H,25,26). The van der Waals surface area contributed by atoms with Crippen molar-refractivity contribution in [2.45, 2.75) is 38.8 Å². The minimum atomic E-state index is -1.19. The van der Waals surface area contributed by atoms with Gasteiger partial charge in [-0.05, 0) is 32.8 Å². The van der Waals surface area contributed by atoms with Crippen LogP contribution in [0.5, 0.6) is 0 Å². The zero-order chi connectivity index (χ0) is 20.6. The largest absolute Gasteiger partial charge is 0.480 e. The van der Waals surface area contributed by atoms with Gasteiger partial charge in [0.25, 0.3) is 11.6 Å². The minimum Gasteiger partial charge on any atom is -0.480 e. The summed E-state index contributed by atoms with van der Waals surface area (Å²) in [5.74, 6) is -1.99. The van der Waals surface area contributed by atoms with Crippen molar-refractivity contribution >= 4 is 17.6 Å². The SMILES string of the molecule is Cc1cc(=O)c(C(=O)N(C2CC2)C(C)C(=O)O)nn1-c1ccccc1[N+](=O)[O-]. The first-order chi connectivity index (χ1) is 13.2. The molecule has 1 aromatic carbocycles. The number of para-hydroxylation sites is 2. The fraction of sp³-hybridized carbons (Fsp3) is 0.333. The van der Waals surface area contributed by atoms with Gasteiger partial charge in [0, 0.05) is 23.9 Å². The van der Waals surface area contributed by atoms with Crippen LogP contribution in [0.3, 0.4) is 0 Å². The zero-order valence-corrected chi connectivity index (χ0v) is 15.2. The molecular formula is C18H18N4O6. The molecule has 1 unspecified atom stereocenters. The predicted molar refractivity (Wildman–Crippen MR) is 97.5 cm³/mol. The monoisotopic (exact) mass is 386 g/mol. The summed E-state index contributed by atoms with van der Waals surface area (Å²) in [5.41, 5.74) is -0.967. The molecule has 1 aliphatic rings. The normalized spacial score (nSPS) is 14.4. The Hall–Kier alpha value is -3.56. The lowest BCUT2D eigenvalue weighted by atomic mass is 10.2. The molecule has 0 radical (unpaired) electrons. The van der Waals surface area contributed by atoms with Crippen molar-refractivity contribution in [1.82, 2.24) is 14.7 Å². The first-order valence-electron chi connectivity index (χ1n) is 8.62. The highest BCUT2D eigenvalue weighted by atomic mass is 16.6. The number of amides is 1. The summed E-state index contributed by atoms with van der Waals surface area (Å²) in [7, 11) is 0. The molecule has 0 saturated heterocycles. The first-order valence-corrected chi connectivity index (χ1v) is 8.62. The summed E-state index contributed by atoms with van der Waals surface area (Å²) in [5, 5.41) is 24.7. The lowest BCUT2D eigenvalue weighted by molar-refractivity contribution is -0.384. The topological polar surface area (TPSA) is 136 Å². The first kappa shape index (κ1) is 19.2. The Morgan fingerprint density at radius 1 is 1.36 bits per heavy atom. The third-order valence-electron chi connectivity index (χ3n) is 4.57. The second kappa shape index (κ2) is 7.22. The smallest absolute Gasteiger partial charge is 0.326 e. The van der Waals surface area contributed by atoms with Crippen LogP contribution in [0.1, 0.15) is 35.9 Å². The number of aromatic nitrogens is 2. The highest BCUT2D eigenvalue weighted by Crippen LogP contribution is 2.30. The molecule has 1 aromatic heterocycles. The Morgan fingerprint density at radius 2 is 2.00 bits per heavy atom. The summed E-state index contributed by atoms with van der Waals surface area (Å²) in [6.45, 7) is 2.91. The minimum absolute atomic E-state index is 0.100. The molecule has 1 N–H and O–H groups in total. The van der Waals surface area contributed by atoms with Crippen LogP contribution >= 0.6 is 0 Å². The van der Waals surface area contributed by atoms with E-state index < -0.39 is 34.0 Å². The van der Waals surface area contributed by atoms with Gasteiger partial charge in [0.2, 0.25) is 5.43 Å². The molecule has 10 heteroatoms. The van der Waals surface area contributed by atoms with Gasteiger partial charge in [0.05, 0.1) is 4.92 Å². The van der Waals surface area contributed by atoms with Crippen molar-refractivity contribution < 1.29 is 19.6 Å². The molecule has 1 aliphatic carbocycles. The number of hydrogen-bond donors (Lipinski definition) is 1. The van der Waals surface area contributed by atoms with Crippen molar-refractivity contribution in [1.29, 1.82) is 0 Å². The van der Waals surface area contributed by atoms with E-state index in [2.05, 4.69) is 5.10 Å². The molecule has 1 saturated carbocycles. The highest BCUT2D eigenvalue weighted by molar-refractivity contribution is 5.95. The van der Waals surface area contributed by atoms with E-state index in [1.165, 1.54) is 32.0 Å². The maximum atomic E-state index is 13.0. The van der Waals surface area contributed by atoms with E-state index in [0.29, 0.717) is 18.5 Å². The van der Waals surface area contributed by atoms with Crippen molar-refractivity contribution in [2.75, 3.05) is 0 Å². The van der Waals surface area contributed by atoms with E-state index >= 15 is 0 Å². The number of aliphatic carboxylic acids is 1. The number of carboxylic acids is 1. The molecule has 3 rings (SSSR count). The number of rotatable bonds is 6. The van der Waals surface area contributed by atoms with Gasteiger partial charge >= 0.3 is 5.97 Å². The Bertz CT molecular complexity index is 1030. The van der Waals surface area contributed by atoms with Crippen LogP contribution in [-0.2, 0) is 4.79 Å². The molecule has 0 bridgehead atoms. The molecule has 146 valence electrons. The van der Waals surface area contributed by atoms with Gasteiger partial charge in [-0.1, -0.05) is 12.1 Å². The number of hydrogen-bond acceptors (Lipinski definition) is 6. The maximum absolute atomic E-state index is 13.0. The molecule has 1 amide bonds. The molecular weight excluding hydrogens is 368 g/mol. The quantitative estimate of drug-likeness (QED) is 0.587. The number of carbonyl (C=O) groups is 2. The number of nitro benzene ring substituents is 1. The number of benzene rings is 1. The summed E-state index contributed by atoms with van der Waals surface area (Å²) >= 11 is 0. The Balaban J connectivity index is 2.13. The third-order valence-corrected chi connectivity index (χ3v) is 4.57. The maximum Gasteiger partial charge on any atom is 0.326 e. The second-order valence-corrected chi connectivity index (χ2v) is 6.61. The Kier molecular flexibility index (Phi) is 4.95. The molecule has 10 nitrogen and oxygen atoms in total. The Labute approximate surface area is 159 Å². The molecule has 28 heavy (non-hydrogen) atoms. The Morgan fingerprint density at radius 3 is 2.57 bits per heavy atom. The molecule has 2 aromatic rings. The van der Waals surface area contributed by atoms with Crippen molar-refractivity contribution in [2.24, 2.45) is 0 Å². The van der Waals surface area contributed by atoms with Crippen LogP contribution in [0.25, 0.3) is 5.69 Å². The lowest BCUT2D eigenvalue weighted by Crippen LogP contribution is -2.46. The molecule has 1 atom stereocenters. The van der Waals surface area contributed by atoms with E-state index in [-0.39, 0.29) is 17.4 Å². The number of carboxylic acid groups (broad SMARTS) is 1. The van der Waals surface area contributed by atoms with Crippen LogP contribution in [-0.4, -0.2) is 48.7 Å². The van der Waals surface area contributed by atoms with E-state index in [0.717, 1.165) is 15.6 Å². The van der Waals surface area contributed by atoms with Gasteiger partial charge in [0.15, 0.2) is 5.69 Å². The highest BCUT2D eigenvalue weighted by Gasteiger charge is 2.40. The zero-order valence-electron chi connectivity index (χ0n) is 15.2. The molecule has 1 fully saturated rings.